The van der Waals surface area contributed by atoms with Gasteiger partial charge in [0, 0.05) is 31.7 Å². The molecule has 0 fully saturated rings. The SMILES string of the molecule is Cc1ccc(N)cc1S(=O)(=O)N(C)CCc1ccncc1. The first-order chi connectivity index (χ1) is 9.91. The van der Waals surface area contributed by atoms with E-state index in [1.54, 1.807) is 38.5 Å². The summed E-state index contributed by atoms with van der Waals surface area (Å²) in [6, 6.07) is 8.69. The Kier molecular flexibility index (Phi) is 4.59. The van der Waals surface area contributed by atoms with Crippen LogP contribution in [0.2, 0.25) is 0 Å². The minimum atomic E-state index is -3.52. The summed E-state index contributed by atoms with van der Waals surface area (Å²) in [6.07, 6.45) is 4.04. The Morgan fingerprint density at radius 3 is 2.52 bits per heavy atom. The fourth-order valence-electron chi connectivity index (χ4n) is 2.02. The van der Waals surface area contributed by atoms with Gasteiger partial charge in [0.15, 0.2) is 0 Å². The molecular weight excluding hydrogens is 286 g/mol. The summed E-state index contributed by atoms with van der Waals surface area (Å²) in [4.78, 5) is 4.21. The molecule has 0 saturated heterocycles. The van der Waals surface area contributed by atoms with Gasteiger partial charge in [0.2, 0.25) is 10.0 Å². The smallest absolute Gasteiger partial charge is 0.243 e. The zero-order chi connectivity index (χ0) is 15.5. The highest BCUT2D eigenvalue weighted by Gasteiger charge is 2.22. The van der Waals surface area contributed by atoms with Crippen LogP contribution >= 0.6 is 0 Å². The molecule has 21 heavy (non-hydrogen) atoms. The zero-order valence-corrected chi connectivity index (χ0v) is 13.0. The minimum Gasteiger partial charge on any atom is -0.399 e. The Bertz CT molecular complexity index is 715. The van der Waals surface area contributed by atoms with Crippen LogP contribution in [0.5, 0.6) is 0 Å². The predicted molar refractivity (Wildman–Crippen MR) is 83.3 cm³/mol. The first-order valence-electron chi connectivity index (χ1n) is 6.62. The van der Waals surface area contributed by atoms with E-state index in [0.29, 0.717) is 24.2 Å². The molecule has 2 rings (SSSR count). The number of nitrogens with zero attached hydrogens (tertiary/aromatic N) is 2. The van der Waals surface area contributed by atoms with Crippen LogP contribution in [0.25, 0.3) is 0 Å². The molecule has 1 aromatic carbocycles. The van der Waals surface area contributed by atoms with Gasteiger partial charge in [0.25, 0.3) is 0 Å². The number of rotatable bonds is 5. The van der Waals surface area contributed by atoms with Gasteiger partial charge in [-0.3, -0.25) is 4.98 Å². The van der Waals surface area contributed by atoms with Gasteiger partial charge in [-0.05, 0) is 48.7 Å². The lowest BCUT2D eigenvalue weighted by Crippen LogP contribution is -2.29. The normalized spacial score (nSPS) is 11.8. The van der Waals surface area contributed by atoms with Crippen molar-refractivity contribution in [3.05, 3.63) is 53.9 Å². The van der Waals surface area contributed by atoms with Crippen LogP contribution in [-0.4, -0.2) is 31.3 Å². The Labute approximate surface area is 125 Å². The lowest BCUT2D eigenvalue weighted by molar-refractivity contribution is 0.472. The number of nitrogen functional groups attached to an aromatic ring is 1. The number of aromatic nitrogens is 1. The van der Waals surface area contributed by atoms with Gasteiger partial charge in [0.1, 0.15) is 0 Å². The molecule has 0 amide bonds. The third kappa shape index (κ3) is 3.59. The van der Waals surface area contributed by atoms with Crippen LogP contribution in [0, 0.1) is 6.92 Å². The van der Waals surface area contributed by atoms with Crippen molar-refractivity contribution in [3.8, 4) is 0 Å². The van der Waals surface area contributed by atoms with Gasteiger partial charge >= 0.3 is 0 Å². The van der Waals surface area contributed by atoms with E-state index in [1.807, 2.05) is 12.1 Å². The summed E-state index contributed by atoms with van der Waals surface area (Å²) in [5.41, 5.74) is 7.89. The number of pyridine rings is 1. The quantitative estimate of drug-likeness (QED) is 0.855. The molecule has 1 aromatic heterocycles. The molecule has 0 unspecified atom stereocenters. The maximum absolute atomic E-state index is 12.6. The van der Waals surface area contributed by atoms with Crippen molar-refractivity contribution >= 4 is 15.7 Å². The number of aryl methyl sites for hydroxylation is 1. The molecule has 0 aliphatic rings. The summed E-state index contributed by atoms with van der Waals surface area (Å²) in [5.74, 6) is 0. The molecule has 0 aliphatic heterocycles. The summed E-state index contributed by atoms with van der Waals surface area (Å²) >= 11 is 0. The Balaban J connectivity index is 2.17. The van der Waals surface area contributed by atoms with E-state index in [2.05, 4.69) is 4.98 Å². The average molecular weight is 305 g/mol. The van der Waals surface area contributed by atoms with Crippen molar-refractivity contribution in [2.45, 2.75) is 18.2 Å². The van der Waals surface area contributed by atoms with Crippen LogP contribution in [0.1, 0.15) is 11.1 Å². The Morgan fingerprint density at radius 2 is 1.86 bits per heavy atom. The van der Waals surface area contributed by atoms with Crippen molar-refractivity contribution in [3.63, 3.8) is 0 Å². The summed E-state index contributed by atoms with van der Waals surface area (Å²) < 4.78 is 26.5. The van der Waals surface area contributed by atoms with E-state index in [-0.39, 0.29) is 4.90 Å². The molecule has 0 bridgehead atoms. The van der Waals surface area contributed by atoms with Crippen molar-refractivity contribution < 1.29 is 8.42 Å². The summed E-state index contributed by atoms with van der Waals surface area (Å²) in [5, 5.41) is 0. The standard InChI is InChI=1S/C15H19N3O2S/c1-12-3-4-14(16)11-15(12)21(19,20)18(2)10-7-13-5-8-17-9-6-13/h3-6,8-9,11H,7,10,16H2,1-2H3. The van der Waals surface area contributed by atoms with E-state index in [1.165, 1.54) is 10.4 Å². The van der Waals surface area contributed by atoms with Crippen LogP contribution in [0.3, 0.4) is 0 Å². The lowest BCUT2D eigenvalue weighted by atomic mass is 10.2. The molecule has 1 heterocycles. The molecule has 0 aliphatic carbocycles. The first kappa shape index (κ1) is 15.5. The van der Waals surface area contributed by atoms with Crippen molar-refractivity contribution in [1.82, 2.24) is 9.29 Å². The molecular formula is C15H19N3O2S. The van der Waals surface area contributed by atoms with E-state index < -0.39 is 10.0 Å². The zero-order valence-electron chi connectivity index (χ0n) is 12.2. The Morgan fingerprint density at radius 1 is 1.19 bits per heavy atom. The summed E-state index contributed by atoms with van der Waals surface area (Å²) in [7, 11) is -1.94. The third-order valence-corrected chi connectivity index (χ3v) is 5.36. The van der Waals surface area contributed by atoms with Crippen molar-refractivity contribution in [1.29, 1.82) is 0 Å². The predicted octanol–water partition coefficient (Wildman–Crippen LogP) is 1.84. The monoisotopic (exact) mass is 305 g/mol. The molecule has 6 heteroatoms. The van der Waals surface area contributed by atoms with Gasteiger partial charge < -0.3 is 5.73 Å². The molecule has 2 aromatic rings. The molecule has 112 valence electrons. The minimum absolute atomic E-state index is 0.264. The van der Waals surface area contributed by atoms with E-state index >= 15 is 0 Å². The van der Waals surface area contributed by atoms with Gasteiger partial charge in [-0.2, -0.15) is 0 Å². The van der Waals surface area contributed by atoms with E-state index in [9.17, 15) is 8.42 Å². The number of hydrogen-bond acceptors (Lipinski definition) is 4. The second-order valence-corrected chi connectivity index (χ2v) is 6.97. The fourth-order valence-corrected chi connectivity index (χ4v) is 3.45. The van der Waals surface area contributed by atoms with Gasteiger partial charge in [-0.15, -0.1) is 0 Å². The second-order valence-electron chi connectivity index (χ2n) is 4.96. The van der Waals surface area contributed by atoms with Crippen LogP contribution in [-0.2, 0) is 16.4 Å². The third-order valence-electron chi connectivity index (χ3n) is 3.37. The Hall–Kier alpha value is -1.92. The molecule has 0 radical (unpaired) electrons. The number of sulfonamides is 1. The van der Waals surface area contributed by atoms with Crippen molar-refractivity contribution in [2.75, 3.05) is 19.3 Å². The van der Waals surface area contributed by atoms with E-state index in [4.69, 9.17) is 5.73 Å². The highest BCUT2D eigenvalue weighted by atomic mass is 32.2. The molecule has 5 nitrogen and oxygen atoms in total. The fraction of sp³-hybridized carbons (Fsp3) is 0.267. The van der Waals surface area contributed by atoms with Gasteiger partial charge in [-0.25, -0.2) is 12.7 Å². The number of likely N-dealkylation sites (N-methyl/N-ethyl adjacent to an activating group) is 1. The molecule has 0 atom stereocenters. The first-order valence-corrected chi connectivity index (χ1v) is 8.06. The molecule has 0 spiro atoms. The maximum Gasteiger partial charge on any atom is 0.243 e. The number of benzene rings is 1. The summed E-state index contributed by atoms with van der Waals surface area (Å²) in [6.45, 7) is 2.17. The van der Waals surface area contributed by atoms with Crippen LogP contribution in [0.15, 0.2) is 47.6 Å². The van der Waals surface area contributed by atoms with Crippen LogP contribution < -0.4 is 5.73 Å². The average Bonchev–Trinajstić information content (AvgIpc) is 2.48. The van der Waals surface area contributed by atoms with E-state index in [0.717, 1.165) is 5.56 Å². The van der Waals surface area contributed by atoms with Crippen LogP contribution in [0.4, 0.5) is 5.69 Å². The highest BCUT2D eigenvalue weighted by molar-refractivity contribution is 7.89. The van der Waals surface area contributed by atoms with Crippen molar-refractivity contribution in [2.24, 2.45) is 0 Å². The topological polar surface area (TPSA) is 76.3 Å². The number of hydrogen-bond donors (Lipinski definition) is 1. The highest BCUT2D eigenvalue weighted by Crippen LogP contribution is 2.21. The largest absolute Gasteiger partial charge is 0.399 e. The lowest BCUT2D eigenvalue weighted by Gasteiger charge is -2.18. The van der Waals surface area contributed by atoms with Gasteiger partial charge in [-0.1, -0.05) is 6.07 Å². The van der Waals surface area contributed by atoms with Gasteiger partial charge in [0.05, 0.1) is 4.90 Å². The molecule has 2 N–H and O–H groups in total. The molecule has 0 saturated carbocycles. The maximum atomic E-state index is 12.6. The number of anilines is 1. The second kappa shape index (κ2) is 6.24. The number of nitrogens with two attached hydrogens (primary N) is 1.